The van der Waals surface area contributed by atoms with Crippen LogP contribution in [0.3, 0.4) is 0 Å². The number of carbonyl (C=O) groups excluding carboxylic acids is 2. The van der Waals surface area contributed by atoms with E-state index in [2.05, 4.69) is 25.2 Å². The van der Waals surface area contributed by atoms with Gasteiger partial charge in [0.25, 0.3) is 0 Å². The minimum atomic E-state index is -0.506. The maximum Gasteiger partial charge on any atom is 0.243 e. The lowest BCUT2D eigenvalue weighted by atomic mass is 10.0. The van der Waals surface area contributed by atoms with Gasteiger partial charge in [-0.25, -0.2) is 0 Å². The molecule has 0 fully saturated rings. The third kappa shape index (κ3) is 6.74. The van der Waals surface area contributed by atoms with Gasteiger partial charge >= 0.3 is 0 Å². The van der Waals surface area contributed by atoms with Crippen LogP contribution in [0.15, 0.2) is 48.5 Å². The van der Waals surface area contributed by atoms with E-state index >= 15 is 0 Å². The Hall–Kier alpha value is -2.62. The van der Waals surface area contributed by atoms with Crippen molar-refractivity contribution in [1.82, 2.24) is 10.2 Å². The van der Waals surface area contributed by atoms with E-state index in [1.165, 1.54) is 11.1 Å². The van der Waals surface area contributed by atoms with Crippen LogP contribution in [0.1, 0.15) is 56.4 Å². The van der Waals surface area contributed by atoms with E-state index in [1.54, 1.807) is 4.90 Å². The van der Waals surface area contributed by atoms with Crippen molar-refractivity contribution in [3.05, 3.63) is 70.8 Å². The Morgan fingerprint density at radius 3 is 2.17 bits per heavy atom. The van der Waals surface area contributed by atoms with Crippen LogP contribution < -0.4 is 5.32 Å². The molecule has 2 aromatic carbocycles. The minimum absolute atomic E-state index is 0.0342. The normalized spacial score (nSPS) is 12.3. The molecule has 29 heavy (non-hydrogen) atoms. The predicted molar refractivity (Wildman–Crippen MR) is 119 cm³/mol. The summed E-state index contributed by atoms with van der Waals surface area (Å²) in [4.78, 5) is 28.0. The molecule has 0 bridgehead atoms. The lowest BCUT2D eigenvalue weighted by molar-refractivity contribution is -0.141. The van der Waals surface area contributed by atoms with Crippen LogP contribution in [-0.2, 0) is 22.6 Å². The van der Waals surface area contributed by atoms with E-state index < -0.39 is 6.04 Å². The number of aryl methyl sites for hydroxylation is 2. The smallest absolute Gasteiger partial charge is 0.243 e. The monoisotopic (exact) mass is 394 g/mol. The Morgan fingerprint density at radius 2 is 1.62 bits per heavy atom. The van der Waals surface area contributed by atoms with Gasteiger partial charge in [-0.15, -0.1) is 0 Å². The number of carbonyl (C=O) groups is 2. The molecule has 0 aliphatic carbocycles. The third-order valence-corrected chi connectivity index (χ3v) is 5.01. The Balaban J connectivity index is 2.30. The van der Waals surface area contributed by atoms with Gasteiger partial charge in [-0.1, -0.05) is 55.5 Å². The van der Waals surface area contributed by atoms with E-state index in [0.717, 1.165) is 11.1 Å². The Morgan fingerprint density at radius 1 is 0.966 bits per heavy atom. The van der Waals surface area contributed by atoms with Gasteiger partial charge in [0.1, 0.15) is 6.04 Å². The number of nitrogens with zero attached hydrogens (tertiary/aromatic N) is 1. The van der Waals surface area contributed by atoms with Crippen LogP contribution in [0.5, 0.6) is 0 Å². The molecule has 0 saturated carbocycles. The fourth-order valence-corrected chi connectivity index (χ4v) is 3.34. The van der Waals surface area contributed by atoms with Gasteiger partial charge in [0.05, 0.1) is 6.42 Å². The second-order valence-corrected chi connectivity index (χ2v) is 8.77. The second kappa shape index (κ2) is 9.73. The van der Waals surface area contributed by atoms with Crippen LogP contribution >= 0.6 is 0 Å². The first kappa shape index (κ1) is 22.7. The zero-order valence-electron chi connectivity index (χ0n) is 18.6. The van der Waals surface area contributed by atoms with Crippen LogP contribution in [0.2, 0.25) is 0 Å². The first-order valence-electron chi connectivity index (χ1n) is 10.3. The molecule has 0 aliphatic rings. The quantitative estimate of drug-likeness (QED) is 0.748. The topological polar surface area (TPSA) is 49.4 Å². The van der Waals surface area contributed by atoms with Crippen LogP contribution in [-0.4, -0.2) is 28.3 Å². The number of hydrogen-bond donors (Lipinski definition) is 1. The highest BCUT2D eigenvalue weighted by Crippen LogP contribution is 2.17. The van der Waals surface area contributed by atoms with Crippen molar-refractivity contribution in [2.45, 2.75) is 72.5 Å². The summed E-state index contributed by atoms with van der Waals surface area (Å²) in [5.41, 5.74) is 4.02. The SMILES string of the molecule is CCC(C(=O)NC(C)(C)C)N(Cc1ccccc1)C(=O)Cc1ccc(C)c(C)c1. The highest BCUT2D eigenvalue weighted by Gasteiger charge is 2.30. The van der Waals surface area contributed by atoms with Crippen LogP contribution in [0.25, 0.3) is 0 Å². The lowest BCUT2D eigenvalue weighted by Gasteiger charge is -2.33. The highest BCUT2D eigenvalue weighted by atomic mass is 16.2. The van der Waals surface area contributed by atoms with Crippen molar-refractivity contribution in [3.63, 3.8) is 0 Å². The van der Waals surface area contributed by atoms with E-state index in [-0.39, 0.29) is 23.8 Å². The first-order chi connectivity index (χ1) is 13.6. The van der Waals surface area contributed by atoms with Crippen LogP contribution in [0, 0.1) is 13.8 Å². The number of amides is 2. The Labute approximate surface area is 175 Å². The fourth-order valence-electron chi connectivity index (χ4n) is 3.34. The average molecular weight is 395 g/mol. The molecule has 156 valence electrons. The van der Waals surface area contributed by atoms with Gasteiger partial charge in [0, 0.05) is 12.1 Å². The molecule has 0 radical (unpaired) electrons. The summed E-state index contributed by atoms with van der Waals surface area (Å²) in [5, 5.41) is 3.04. The van der Waals surface area contributed by atoms with E-state index in [9.17, 15) is 9.59 Å². The van der Waals surface area contributed by atoms with Crippen molar-refractivity contribution < 1.29 is 9.59 Å². The molecule has 0 spiro atoms. The summed E-state index contributed by atoms with van der Waals surface area (Å²) < 4.78 is 0. The molecule has 0 aliphatic heterocycles. The molecule has 0 saturated heterocycles. The molecule has 1 unspecified atom stereocenters. The summed E-state index contributed by atoms with van der Waals surface area (Å²) in [7, 11) is 0. The van der Waals surface area contributed by atoms with Gasteiger partial charge in [-0.2, -0.15) is 0 Å². The van der Waals surface area contributed by atoms with E-state index in [4.69, 9.17) is 0 Å². The van der Waals surface area contributed by atoms with E-state index in [0.29, 0.717) is 13.0 Å². The molecule has 2 amide bonds. The predicted octanol–water partition coefficient (Wildman–Crippen LogP) is 4.57. The largest absolute Gasteiger partial charge is 0.350 e. The Kier molecular flexibility index (Phi) is 7.60. The highest BCUT2D eigenvalue weighted by molar-refractivity contribution is 5.88. The average Bonchev–Trinajstić information content (AvgIpc) is 2.64. The first-order valence-corrected chi connectivity index (χ1v) is 10.3. The third-order valence-electron chi connectivity index (χ3n) is 5.01. The Bertz CT molecular complexity index is 838. The lowest BCUT2D eigenvalue weighted by Crippen LogP contribution is -2.53. The molecular formula is C25H34N2O2. The number of benzene rings is 2. The van der Waals surface area contributed by atoms with Gasteiger partial charge in [0.2, 0.25) is 11.8 Å². The summed E-state index contributed by atoms with van der Waals surface area (Å²) in [6, 6.07) is 15.4. The van der Waals surface area contributed by atoms with Gasteiger partial charge in [-0.05, 0) is 63.3 Å². The van der Waals surface area contributed by atoms with Crippen LogP contribution in [0.4, 0.5) is 0 Å². The maximum absolute atomic E-state index is 13.3. The molecule has 4 nitrogen and oxygen atoms in total. The summed E-state index contributed by atoms with van der Waals surface area (Å²) >= 11 is 0. The molecular weight excluding hydrogens is 360 g/mol. The molecule has 1 N–H and O–H groups in total. The zero-order valence-corrected chi connectivity index (χ0v) is 18.6. The molecule has 2 aromatic rings. The van der Waals surface area contributed by atoms with Gasteiger partial charge < -0.3 is 10.2 Å². The number of rotatable bonds is 7. The molecule has 1 atom stereocenters. The van der Waals surface area contributed by atoms with Gasteiger partial charge in [-0.3, -0.25) is 9.59 Å². The van der Waals surface area contributed by atoms with Crippen molar-refractivity contribution in [3.8, 4) is 0 Å². The van der Waals surface area contributed by atoms with Crippen molar-refractivity contribution in [2.75, 3.05) is 0 Å². The van der Waals surface area contributed by atoms with Crippen molar-refractivity contribution in [2.24, 2.45) is 0 Å². The molecule has 2 rings (SSSR count). The van der Waals surface area contributed by atoms with Crippen molar-refractivity contribution in [1.29, 1.82) is 0 Å². The maximum atomic E-state index is 13.3. The molecule has 4 heteroatoms. The minimum Gasteiger partial charge on any atom is -0.350 e. The number of nitrogens with one attached hydrogen (secondary N) is 1. The van der Waals surface area contributed by atoms with Crippen molar-refractivity contribution >= 4 is 11.8 Å². The zero-order chi connectivity index (χ0) is 21.6. The fraction of sp³-hybridized carbons (Fsp3) is 0.440. The standard InChI is InChI=1S/C25H34N2O2/c1-7-22(24(29)26-25(4,5)6)27(17-20-11-9-8-10-12-20)23(28)16-21-14-13-18(2)19(3)15-21/h8-15,22H,7,16-17H2,1-6H3,(H,26,29). The molecule has 0 heterocycles. The second-order valence-electron chi connectivity index (χ2n) is 8.77. The molecule has 0 aromatic heterocycles. The van der Waals surface area contributed by atoms with Gasteiger partial charge in [0.15, 0.2) is 0 Å². The summed E-state index contributed by atoms with van der Waals surface area (Å²) in [6.07, 6.45) is 0.848. The summed E-state index contributed by atoms with van der Waals surface area (Å²) in [5.74, 6) is -0.141. The van der Waals surface area contributed by atoms with E-state index in [1.807, 2.05) is 70.2 Å². The number of hydrogen-bond acceptors (Lipinski definition) is 2. The summed E-state index contributed by atoms with van der Waals surface area (Å²) in [6.45, 7) is 12.3.